The Balaban J connectivity index is 1.53. The van der Waals surface area contributed by atoms with Gasteiger partial charge in [0.25, 0.3) is 10.2 Å². The zero-order chi connectivity index (χ0) is 18.7. The zero-order valence-electron chi connectivity index (χ0n) is 15.1. The number of aryl methyl sites for hydroxylation is 1. The van der Waals surface area contributed by atoms with Crippen LogP contribution in [-0.4, -0.2) is 56.2 Å². The van der Waals surface area contributed by atoms with Gasteiger partial charge in [-0.1, -0.05) is 0 Å². The minimum Gasteiger partial charge on any atom is -0.494 e. The third-order valence-electron chi connectivity index (χ3n) is 5.70. The fourth-order valence-electron chi connectivity index (χ4n) is 4.26. The molecule has 1 aliphatic carbocycles. The van der Waals surface area contributed by atoms with Crippen LogP contribution in [0.1, 0.15) is 18.4 Å². The van der Waals surface area contributed by atoms with Crippen LogP contribution in [0.25, 0.3) is 10.9 Å². The molecule has 8 nitrogen and oxygen atoms in total. The van der Waals surface area contributed by atoms with Crippen molar-refractivity contribution in [2.45, 2.75) is 25.8 Å². The van der Waals surface area contributed by atoms with Crippen LogP contribution in [0.4, 0.5) is 5.69 Å². The first-order chi connectivity index (χ1) is 12.2. The van der Waals surface area contributed by atoms with E-state index < -0.39 is 10.2 Å². The van der Waals surface area contributed by atoms with E-state index >= 15 is 0 Å². The summed E-state index contributed by atoms with van der Waals surface area (Å²) in [7, 11) is -0.426. The molecule has 1 aromatic carbocycles. The molecule has 1 saturated heterocycles. The SMILES string of the molecule is COc1cc(C)cc2c(N3CC4(CC(N(C)S(N)(=O)=O)C4)C3)cnnc12. The van der Waals surface area contributed by atoms with E-state index in [-0.39, 0.29) is 11.5 Å². The van der Waals surface area contributed by atoms with E-state index in [0.29, 0.717) is 0 Å². The number of hydrogen-bond acceptors (Lipinski definition) is 6. The van der Waals surface area contributed by atoms with E-state index in [1.54, 1.807) is 20.4 Å². The summed E-state index contributed by atoms with van der Waals surface area (Å²) in [5.41, 5.74) is 3.09. The number of aromatic nitrogens is 2. The minimum absolute atomic E-state index is 0.00166. The van der Waals surface area contributed by atoms with Crippen molar-refractivity contribution in [1.29, 1.82) is 0 Å². The monoisotopic (exact) mass is 377 g/mol. The number of ether oxygens (including phenoxy) is 1. The highest BCUT2D eigenvalue weighted by Crippen LogP contribution is 2.52. The average Bonchev–Trinajstić information content (AvgIpc) is 2.50. The van der Waals surface area contributed by atoms with Crippen LogP contribution in [0.5, 0.6) is 5.75 Å². The van der Waals surface area contributed by atoms with Crippen molar-refractivity contribution < 1.29 is 13.2 Å². The van der Waals surface area contributed by atoms with Crippen molar-refractivity contribution in [2.75, 3.05) is 32.1 Å². The molecule has 140 valence electrons. The number of hydrogen-bond donors (Lipinski definition) is 1. The highest BCUT2D eigenvalue weighted by atomic mass is 32.2. The lowest BCUT2D eigenvalue weighted by Crippen LogP contribution is -2.67. The molecule has 2 heterocycles. The van der Waals surface area contributed by atoms with Crippen LogP contribution >= 0.6 is 0 Å². The first-order valence-corrected chi connectivity index (χ1v) is 10.0. The van der Waals surface area contributed by atoms with Gasteiger partial charge < -0.3 is 9.64 Å². The second kappa shape index (κ2) is 5.77. The lowest BCUT2D eigenvalue weighted by molar-refractivity contribution is 0.0212. The molecule has 9 heteroatoms. The molecule has 1 aromatic heterocycles. The Morgan fingerprint density at radius 1 is 1.35 bits per heavy atom. The summed E-state index contributed by atoms with van der Waals surface area (Å²) < 4.78 is 29.7. The van der Waals surface area contributed by atoms with E-state index in [1.807, 2.05) is 13.0 Å². The Labute approximate surface area is 153 Å². The molecule has 0 atom stereocenters. The molecule has 26 heavy (non-hydrogen) atoms. The van der Waals surface area contributed by atoms with E-state index in [1.165, 1.54) is 4.31 Å². The highest BCUT2D eigenvalue weighted by Gasteiger charge is 2.54. The predicted octanol–water partition coefficient (Wildman–Crippen LogP) is 1.05. The molecule has 2 aromatic rings. The second-order valence-corrected chi connectivity index (χ2v) is 9.18. The first kappa shape index (κ1) is 17.4. The van der Waals surface area contributed by atoms with Gasteiger partial charge in [0, 0.05) is 37.0 Å². The predicted molar refractivity (Wildman–Crippen MR) is 99.4 cm³/mol. The molecule has 0 radical (unpaired) electrons. The molecule has 2 N–H and O–H groups in total. The van der Waals surface area contributed by atoms with Gasteiger partial charge in [-0.25, -0.2) is 5.14 Å². The molecule has 4 rings (SSSR count). The van der Waals surface area contributed by atoms with Crippen LogP contribution < -0.4 is 14.8 Å². The molecule has 2 aliphatic rings. The van der Waals surface area contributed by atoms with Crippen LogP contribution in [0, 0.1) is 12.3 Å². The summed E-state index contributed by atoms with van der Waals surface area (Å²) in [4.78, 5) is 2.28. The zero-order valence-corrected chi connectivity index (χ0v) is 16.0. The molecule has 1 aliphatic heterocycles. The van der Waals surface area contributed by atoms with Gasteiger partial charge in [0.05, 0.1) is 19.0 Å². The molecular formula is C17H23N5O3S. The van der Waals surface area contributed by atoms with Crippen LogP contribution in [-0.2, 0) is 10.2 Å². The van der Waals surface area contributed by atoms with Gasteiger partial charge in [0.15, 0.2) is 0 Å². The number of fused-ring (bicyclic) bond motifs is 1. The fourth-order valence-corrected chi connectivity index (χ4v) is 4.82. The first-order valence-electron chi connectivity index (χ1n) is 8.53. The lowest BCUT2D eigenvalue weighted by atomic mass is 9.60. The average molecular weight is 377 g/mol. The van der Waals surface area contributed by atoms with Gasteiger partial charge in [0.1, 0.15) is 11.3 Å². The quantitative estimate of drug-likeness (QED) is 0.855. The summed E-state index contributed by atoms with van der Waals surface area (Å²) in [5.74, 6) is 0.725. The smallest absolute Gasteiger partial charge is 0.276 e. The normalized spacial score (nSPS) is 19.7. The number of benzene rings is 1. The standard InChI is InChI=1S/C17H23N5O3S/c1-11-4-13-14(8-19-20-16(13)15(5-11)25-3)22-9-17(10-22)6-12(7-17)21(2)26(18,23)24/h4-5,8,12H,6-7,9-10H2,1-3H3,(H2,18,23,24). The van der Waals surface area contributed by atoms with Crippen LogP contribution in [0.15, 0.2) is 18.3 Å². The molecule has 0 bridgehead atoms. The fraction of sp³-hybridized carbons (Fsp3) is 0.529. The summed E-state index contributed by atoms with van der Waals surface area (Å²) in [5, 5.41) is 14.6. The maximum atomic E-state index is 11.5. The van der Waals surface area contributed by atoms with Gasteiger partial charge in [0.2, 0.25) is 0 Å². The van der Waals surface area contributed by atoms with E-state index in [9.17, 15) is 8.42 Å². The van der Waals surface area contributed by atoms with Crippen molar-refractivity contribution in [1.82, 2.24) is 14.5 Å². The van der Waals surface area contributed by atoms with Gasteiger partial charge in [-0.15, -0.1) is 5.10 Å². The Hall–Kier alpha value is -1.97. The Morgan fingerprint density at radius 2 is 2.04 bits per heavy atom. The summed E-state index contributed by atoms with van der Waals surface area (Å²) in [6.45, 7) is 3.81. The third kappa shape index (κ3) is 2.70. The second-order valence-electron chi connectivity index (χ2n) is 7.57. The van der Waals surface area contributed by atoms with Gasteiger partial charge in [-0.05, 0) is 37.5 Å². The van der Waals surface area contributed by atoms with E-state index in [4.69, 9.17) is 9.88 Å². The summed E-state index contributed by atoms with van der Waals surface area (Å²) >= 11 is 0. The van der Waals surface area contributed by atoms with Crippen molar-refractivity contribution in [3.8, 4) is 5.75 Å². The Morgan fingerprint density at radius 3 is 2.65 bits per heavy atom. The molecule has 1 spiro atoms. The summed E-state index contributed by atoms with van der Waals surface area (Å²) in [6.07, 6.45) is 3.48. The van der Waals surface area contributed by atoms with Crippen molar-refractivity contribution in [3.05, 3.63) is 23.9 Å². The van der Waals surface area contributed by atoms with Crippen LogP contribution in [0.3, 0.4) is 0 Å². The Kier molecular flexibility index (Phi) is 3.87. The van der Waals surface area contributed by atoms with Gasteiger partial charge in [-0.2, -0.15) is 17.8 Å². The van der Waals surface area contributed by atoms with Crippen LogP contribution in [0.2, 0.25) is 0 Å². The lowest BCUT2D eigenvalue weighted by Gasteiger charge is -2.60. The Bertz CT molecular complexity index is 964. The summed E-state index contributed by atoms with van der Waals surface area (Å²) in [6, 6.07) is 4.06. The largest absolute Gasteiger partial charge is 0.494 e. The van der Waals surface area contributed by atoms with Crippen molar-refractivity contribution in [2.24, 2.45) is 10.6 Å². The number of nitrogens with two attached hydrogens (primary N) is 1. The van der Waals surface area contributed by atoms with E-state index in [2.05, 4.69) is 21.2 Å². The minimum atomic E-state index is -3.62. The van der Waals surface area contributed by atoms with Gasteiger partial charge in [-0.3, -0.25) is 0 Å². The maximum absolute atomic E-state index is 11.5. The number of methoxy groups -OCH3 is 1. The molecule has 0 amide bonds. The highest BCUT2D eigenvalue weighted by molar-refractivity contribution is 7.86. The molecule has 2 fully saturated rings. The number of nitrogens with zero attached hydrogens (tertiary/aromatic N) is 4. The molecular weight excluding hydrogens is 354 g/mol. The van der Waals surface area contributed by atoms with Crippen molar-refractivity contribution in [3.63, 3.8) is 0 Å². The van der Waals surface area contributed by atoms with Crippen molar-refractivity contribution >= 4 is 26.8 Å². The third-order valence-corrected chi connectivity index (χ3v) is 6.80. The number of rotatable bonds is 4. The molecule has 0 unspecified atom stereocenters. The van der Waals surface area contributed by atoms with Gasteiger partial charge >= 0.3 is 0 Å². The maximum Gasteiger partial charge on any atom is 0.276 e. The number of anilines is 1. The van der Waals surface area contributed by atoms with E-state index in [0.717, 1.165) is 53.8 Å². The topological polar surface area (TPSA) is 102 Å². The molecule has 1 saturated carbocycles.